The quantitative estimate of drug-likeness (QED) is 0.601. The van der Waals surface area contributed by atoms with Crippen molar-refractivity contribution in [3.8, 4) is 0 Å². The van der Waals surface area contributed by atoms with Crippen molar-refractivity contribution >= 4 is 11.7 Å². The van der Waals surface area contributed by atoms with Gasteiger partial charge in [0, 0.05) is 37.3 Å². The summed E-state index contributed by atoms with van der Waals surface area (Å²) in [7, 11) is 0. The van der Waals surface area contributed by atoms with Gasteiger partial charge in [-0.3, -0.25) is 14.5 Å². The van der Waals surface area contributed by atoms with Crippen molar-refractivity contribution in [2.45, 2.75) is 65.0 Å². The number of carbonyl (C=O) groups excluding carboxylic acids is 2. The molecule has 2 atom stereocenters. The smallest absolute Gasteiger partial charge is 0.246 e. The number of nitrogens with zero attached hydrogens (tertiary/aromatic N) is 3. The predicted octanol–water partition coefficient (Wildman–Crippen LogP) is 3.35. The number of hydrogen-bond donors (Lipinski definition) is 0. The Morgan fingerprint density at radius 1 is 1.29 bits per heavy atom. The molecular formula is C23H35N3O2. The van der Waals surface area contributed by atoms with Crippen LogP contribution in [0.15, 0.2) is 36.2 Å². The normalized spacial score (nSPS) is 25.2. The number of allylic oxidation sites excluding steroid dienone is 2. The van der Waals surface area contributed by atoms with Crippen LogP contribution >= 0.6 is 0 Å². The molecule has 1 amide bonds. The Hall–Kier alpha value is -1.88. The largest absolute Gasteiger partial charge is 0.337 e. The van der Waals surface area contributed by atoms with Crippen LogP contribution in [0.3, 0.4) is 0 Å². The number of ketones is 1. The van der Waals surface area contributed by atoms with Gasteiger partial charge in [-0.2, -0.15) is 0 Å². The van der Waals surface area contributed by atoms with Crippen molar-refractivity contribution in [2.24, 2.45) is 5.92 Å². The number of amides is 1. The molecule has 1 unspecified atom stereocenters. The zero-order valence-electron chi connectivity index (χ0n) is 17.7. The van der Waals surface area contributed by atoms with E-state index in [1.807, 2.05) is 15.9 Å². The molecule has 1 saturated carbocycles. The maximum atomic E-state index is 12.8. The number of carbonyl (C=O) groups is 2. The Labute approximate surface area is 169 Å². The molecule has 5 nitrogen and oxygen atoms in total. The van der Waals surface area contributed by atoms with E-state index in [4.69, 9.17) is 0 Å². The van der Waals surface area contributed by atoms with Crippen molar-refractivity contribution in [2.75, 3.05) is 26.2 Å². The molecule has 0 bridgehead atoms. The van der Waals surface area contributed by atoms with Crippen molar-refractivity contribution in [1.82, 2.24) is 14.7 Å². The molecule has 2 saturated heterocycles. The number of likely N-dealkylation sites (tertiary alicyclic amines) is 1. The standard InChI is InChI=1S/C23H35N3O2/c1-5-6-8-21(19(4)27)26-17(2)15-25(16-18(26)3)23(28)12-11-22(20-9-10-20)24-13-7-14-24/h8,11-12,18,20,22H,2,5-7,9-10,13-16H2,1,3-4H3/b12-11+,21-8-/t18-,22?/m0/s1. The van der Waals surface area contributed by atoms with Crippen LogP contribution in [0, 0.1) is 5.92 Å². The fourth-order valence-electron chi connectivity index (χ4n) is 4.28. The van der Waals surface area contributed by atoms with Gasteiger partial charge >= 0.3 is 0 Å². The van der Waals surface area contributed by atoms with Crippen LogP contribution in [0.4, 0.5) is 0 Å². The van der Waals surface area contributed by atoms with Gasteiger partial charge < -0.3 is 9.80 Å². The zero-order chi connectivity index (χ0) is 20.3. The molecule has 28 heavy (non-hydrogen) atoms. The maximum Gasteiger partial charge on any atom is 0.246 e. The summed E-state index contributed by atoms with van der Waals surface area (Å²) in [5, 5.41) is 0. The second kappa shape index (κ2) is 9.08. The molecule has 0 aromatic rings. The lowest BCUT2D eigenvalue weighted by molar-refractivity contribution is -0.127. The third-order valence-electron chi connectivity index (χ3n) is 6.05. The van der Waals surface area contributed by atoms with Crippen LogP contribution < -0.4 is 0 Å². The first-order chi connectivity index (χ1) is 13.4. The lowest BCUT2D eigenvalue weighted by atomic mass is 10.0. The van der Waals surface area contributed by atoms with E-state index < -0.39 is 0 Å². The van der Waals surface area contributed by atoms with Crippen LogP contribution in [-0.4, -0.2) is 64.7 Å². The zero-order valence-corrected chi connectivity index (χ0v) is 17.7. The Bertz CT molecular complexity index is 673. The first-order valence-corrected chi connectivity index (χ1v) is 10.8. The van der Waals surface area contributed by atoms with E-state index in [1.165, 1.54) is 19.3 Å². The van der Waals surface area contributed by atoms with Gasteiger partial charge in [0.2, 0.25) is 5.91 Å². The number of rotatable bonds is 8. The lowest BCUT2D eigenvalue weighted by Crippen LogP contribution is -2.52. The number of hydrogen-bond acceptors (Lipinski definition) is 4. The van der Waals surface area contributed by atoms with Gasteiger partial charge in [0.25, 0.3) is 0 Å². The lowest BCUT2D eigenvalue weighted by Gasteiger charge is -2.43. The molecule has 154 valence electrons. The molecule has 5 heteroatoms. The van der Waals surface area contributed by atoms with E-state index in [0.717, 1.165) is 37.5 Å². The summed E-state index contributed by atoms with van der Waals surface area (Å²) >= 11 is 0. The average molecular weight is 386 g/mol. The predicted molar refractivity (Wildman–Crippen MR) is 113 cm³/mol. The summed E-state index contributed by atoms with van der Waals surface area (Å²) in [5.74, 6) is 0.848. The fraction of sp³-hybridized carbons (Fsp3) is 0.652. The van der Waals surface area contributed by atoms with Crippen LogP contribution in [-0.2, 0) is 9.59 Å². The molecule has 0 N–H and O–H groups in total. The third-order valence-corrected chi connectivity index (χ3v) is 6.05. The summed E-state index contributed by atoms with van der Waals surface area (Å²) in [6.45, 7) is 13.3. The maximum absolute atomic E-state index is 12.8. The topological polar surface area (TPSA) is 43.9 Å². The fourth-order valence-corrected chi connectivity index (χ4v) is 4.28. The molecule has 0 aromatic carbocycles. The van der Waals surface area contributed by atoms with Gasteiger partial charge in [0.1, 0.15) is 0 Å². The summed E-state index contributed by atoms with van der Waals surface area (Å²) in [6.07, 6.45) is 11.6. The highest BCUT2D eigenvalue weighted by Crippen LogP contribution is 2.37. The van der Waals surface area contributed by atoms with Crippen molar-refractivity contribution in [3.63, 3.8) is 0 Å². The van der Waals surface area contributed by atoms with Gasteiger partial charge in [-0.1, -0.05) is 32.1 Å². The number of Topliss-reactive ketones (excluding diaryl/α,β-unsaturated/α-hetero) is 1. The number of piperazine rings is 1. The highest BCUT2D eigenvalue weighted by Gasteiger charge is 2.36. The Morgan fingerprint density at radius 2 is 2.00 bits per heavy atom. The highest BCUT2D eigenvalue weighted by molar-refractivity contribution is 5.93. The average Bonchev–Trinajstić information content (AvgIpc) is 3.43. The summed E-state index contributed by atoms with van der Waals surface area (Å²) in [4.78, 5) is 31.4. The van der Waals surface area contributed by atoms with E-state index in [0.29, 0.717) is 24.8 Å². The minimum Gasteiger partial charge on any atom is -0.337 e. The molecule has 2 aliphatic heterocycles. The summed E-state index contributed by atoms with van der Waals surface area (Å²) in [5.41, 5.74) is 1.54. The SMILES string of the molecule is C=C1CN(C(=O)/C=C/C(C2CC2)N2CCC2)C[C@H](C)N1/C(=C\CCC)C(C)=O. The van der Waals surface area contributed by atoms with Crippen molar-refractivity contribution in [1.29, 1.82) is 0 Å². The first kappa shape index (κ1) is 20.8. The van der Waals surface area contributed by atoms with Crippen LogP contribution in [0.2, 0.25) is 0 Å². The molecule has 0 aromatic heterocycles. The van der Waals surface area contributed by atoms with Crippen LogP contribution in [0.25, 0.3) is 0 Å². The minimum absolute atomic E-state index is 0.0419. The number of unbranched alkanes of at least 4 members (excludes halogenated alkanes) is 1. The molecule has 0 spiro atoms. The first-order valence-electron chi connectivity index (χ1n) is 10.8. The van der Waals surface area contributed by atoms with E-state index in [2.05, 4.69) is 31.4 Å². The molecule has 2 heterocycles. The Morgan fingerprint density at radius 3 is 2.50 bits per heavy atom. The second-order valence-corrected chi connectivity index (χ2v) is 8.51. The van der Waals surface area contributed by atoms with Crippen molar-refractivity contribution in [3.05, 3.63) is 36.2 Å². The molecule has 3 aliphatic rings. The molecule has 3 fully saturated rings. The highest BCUT2D eigenvalue weighted by atomic mass is 16.2. The van der Waals surface area contributed by atoms with E-state index >= 15 is 0 Å². The van der Waals surface area contributed by atoms with Gasteiger partial charge in [0.15, 0.2) is 5.78 Å². The summed E-state index contributed by atoms with van der Waals surface area (Å²) in [6, 6.07) is 0.473. The van der Waals surface area contributed by atoms with E-state index in [9.17, 15) is 9.59 Å². The van der Waals surface area contributed by atoms with Gasteiger partial charge in [-0.05, 0) is 51.6 Å². The Balaban J connectivity index is 1.64. The van der Waals surface area contributed by atoms with E-state index in [-0.39, 0.29) is 17.7 Å². The molecule has 1 aliphatic carbocycles. The van der Waals surface area contributed by atoms with Gasteiger partial charge in [-0.25, -0.2) is 0 Å². The molecular weight excluding hydrogens is 350 g/mol. The Kier molecular flexibility index (Phi) is 6.76. The third kappa shape index (κ3) is 4.75. The summed E-state index contributed by atoms with van der Waals surface area (Å²) < 4.78 is 0. The molecule has 3 rings (SSSR count). The van der Waals surface area contributed by atoms with Crippen LogP contribution in [0.1, 0.15) is 52.9 Å². The minimum atomic E-state index is 0.0419. The van der Waals surface area contributed by atoms with Gasteiger partial charge in [0.05, 0.1) is 12.2 Å². The monoisotopic (exact) mass is 385 g/mol. The van der Waals surface area contributed by atoms with Gasteiger partial charge in [-0.15, -0.1) is 0 Å². The van der Waals surface area contributed by atoms with Crippen LogP contribution in [0.5, 0.6) is 0 Å². The second-order valence-electron chi connectivity index (χ2n) is 8.51. The van der Waals surface area contributed by atoms with Crippen molar-refractivity contribution < 1.29 is 9.59 Å². The van der Waals surface area contributed by atoms with E-state index in [1.54, 1.807) is 13.0 Å². The molecule has 0 radical (unpaired) electrons.